The predicted octanol–water partition coefficient (Wildman–Crippen LogP) is 2.73. The Hall–Kier alpha value is -1.39. The van der Waals surface area contributed by atoms with Crippen LogP contribution < -0.4 is 5.73 Å². The van der Waals surface area contributed by atoms with Crippen molar-refractivity contribution in [2.75, 3.05) is 26.2 Å². The van der Waals surface area contributed by atoms with Crippen LogP contribution in [0.4, 0.5) is 0 Å². The van der Waals surface area contributed by atoms with Gasteiger partial charge in [0.25, 0.3) is 0 Å². The van der Waals surface area contributed by atoms with E-state index in [9.17, 15) is 4.79 Å². The van der Waals surface area contributed by atoms with Crippen molar-refractivity contribution in [1.29, 1.82) is 0 Å². The molecule has 24 heavy (non-hydrogen) atoms. The van der Waals surface area contributed by atoms with Gasteiger partial charge in [0, 0.05) is 26.2 Å². The smallest absolute Gasteiger partial charge is 0.239 e. The molecule has 1 amide bonds. The molecule has 2 N–H and O–H groups in total. The molecule has 2 rings (SSSR count). The topological polar surface area (TPSA) is 49.6 Å². The molecule has 0 saturated carbocycles. The molecule has 1 aliphatic rings. The van der Waals surface area contributed by atoms with E-state index in [0.29, 0.717) is 11.8 Å². The molecular formula is C20H33N3O. The normalized spacial score (nSPS) is 19.6. The van der Waals surface area contributed by atoms with Gasteiger partial charge in [-0.25, -0.2) is 0 Å². The van der Waals surface area contributed by atoms with Crippen LogP contribution in [0, 0.1) is 11.8 Å². The van der Waals surface area contributed by atoms with Gasteiger partial charge < -0.3 is 10.6 Å². The van der Waals surface area contributed by atoms with Crippen molar-refractivity contribution in [3.8, 4) is 0 Å². The molecule has 1 unspecified atom stereocenters. The van der Waals surface area contributed by atoms with Crippen molar-refractivity contribution >= 4 is 5.91 Å². The summed E-state index contributed by atoms with van der Waals surface area (Å²) in [5.41, 5.74) is 7.46. The Kier molecular flexibility index (Phi) is 7.25. The Balaban J connectivity index is 1.83. The lowest BCUT2D eigenvalue weighted by molar-refractivity contribution is -0.133. The minimum absolute atomic E-state index is 0.118. The van der Waals surface area contributed by atoms with E-state index in [4.69, 9.17) is 5.73 Å². The highest BCUT2D eigenvalue weighted by Gasteiger charge is 2.27. The zero-order chi connectivity index (χ0) is 17.5. The molecule has 1 fully saturated rings. The number of benzene rings is 1. The molecule has 134 valence electrons. The molecule has 1 heterocycles. The van der Waals surface area contributed by atoms with Gasteiger partial charge in [0.1, 0.15) is 0 Å². The molecule has 1 aromatic rings. The fourth-order valence-corrected chi connectivity index (χ4v) is 3.58. The summed E-state index contributed by atoms with van der Waals surface area (Å²) in [4.78, 5) is 17.0. The van der Waals surface area contributed by atoms with E-state index in [1.807, 2.05) is 4.90 Å². The number of carbonyl (C=O) groups excluding carboxylic acids is 1. The first-order valence-electron chi connectivity index (χ1n) is 9.30. The van der Waals surface area contributed by atoms with Crippen LogP contribution in [0.1, 0.15) is 39.2 Å². The van der Waals surface area contributed by atoms with Gasteiger partial charge in [0.15, 0.2) is 0 Å². The van der Waals surface area contributed by atoms with Gasteiger partial charge in [0.05, 0.1) is 6.04 Å². The molecule has 4 heteroatoms. The van der Waals surface area contributed by atoms with Crippen LogP contribution in [0.15, 0.2) is 30.3 Å². The standard InChI is InChI=1S/C20H33N3O/c1-4-23(20(24)19(21)12-16(2)3)15-18-10-11-22(14-18)13-17-8-6-5-7-9-17/h5-9,16,18-19H,4,10-15,21H2,1-3H3/t18?,19-/m0/s1. The largest absolute Gasteiger partial charge is 0.341 e. The quantitative estimate of drug-likeness (QED) is 0.797. The number of carbonyl (C=O) groups is 1. The molecular weight excluding hydrogens is 298 g/mol. The lowest BCUT2D eigenvalue weighted by Crippen LogP contribution is -2.46. The van der Waals surface area contributed by atoms with Crippen molar-refractivity contribution in [3.63, 3.8) is 0 Å². The van der Waals surface area contributed by atoms with E-state index in [0.717, 1.165) is 45.6 Å². The Morgan fingerprint density at radius 3 is 2.67 bits per heavy atom. The Bertz CT molecular complexity index is 503. The molecule has 0 radical (unpaired) electrons. The zero-order valence-electron chi connectivity index (χ0n) is 15.4. The second kappa shape index (κ2) is 9.19. The van der Waals surface area contributed by atoms with Crippen LogP contribution in [0.25, 0.3) is 0 Å². The maximum Gasteiger partial charge on any atom is 0.239 e. The third-order valence-corrected chi connectivity index (χ3v) is 4.83. The summed E-state index contributed by atoms with van der Waals surface area (Å²) in [6, 6.07) is 10.3. The first kappa shape index (κ1) is 18.9. The zero-order valence-corrected chi connectivity index (χ0v) is 15.4. The van der Waals surface area contributed by atoms with Crippen LogP contribution >= 0.6 is 0 Å². The summed E-state index contributed by atoms with van der Waals surface area (Å²) in [6.45, 7) is 11.1. The Labute approximate surface area is 147 Å². The van der Waals surface area contributed by atoms with Crippen LogP contribution in [0.2, 0.25) is 0 Å². The van der Waals surface area contributed by atoms with Crippen LogP contribution in [0.5, 0.6) is 0 Å². The van der Waals surface area contributed by atoms with E-state index < -0.39 is 0 Å². The van der Waals surface area contributed by atoms with E-state index in [-0.39, 0.29) is 11.9 Å². The molecule has 2 atom stereocenters. The molecule has 1 aliphatic heterocycles. The highest BCUT2D eigenvalue weighted by Crippen LogP contribution is 2.20. The fraction of sp³-hybridized carbons (Fsp3) is 0.650. The van der Waals surface area contributed by atoms with Crippen molar-refractivity contribution in [1.82, 2.24) is 9.80 Å². The van der Waals surface area contributed by atoms with Crippen molar-refractivity contribution < 1.29 is 4.79 Å². The third kappa shape index (κ3) is 5.60. The second-order valence-electron chi connectivity index (χ2n) is 7.49. The average Bonchev–Trinajstić information content (AvgIpc) is 2.99. The van der Waals surface area contributed by atoms with E-state index in [1.54, 1.807) is 0 Å². The minimum atomic E-state index is -0.355. The first-order chi connectivity index (χ1) is 11.5. The second-order valence-corrected chi connectivity index (χ2v) is 7.49. The maximum absolute atomic E-state index is 12.6. The summed E-state index contributed by atoms with van der Waals surface area (Å²) >= 11 is 0. The van der Waals surface area contributed by atoms with Gasteiger partial charge in [-0.2, -0.15) is 0 Å². The SMILES string of the molecule is CCN(CC1CCN(Cc2ccccc2)C1)C(=O)[C@@H](N)CC(C)C. The van der Waals surface area contributed by atoms with Gasteiger partial charge in [-0.3, -0.25) is 9.69 Å². The minimum Gasteiger partial charge on any atom is -0.341 e. The number of likely N-dealkylation sites (N-methyl/N-ethyl adjacent to an activating group) is 1. The van der Waals surface area contributed by atoms with Gasteiger partial charge in [-0.05, 0) is 43.7 Å². The molecule has 1 saturated heterocycles. The number of likely N-dealkylation sites (tertiary alicyclic amines) is 1. The average molecular weight is 332 g/mol. The fourth-order valence-electron chi connectivity index (χ4n) is 3.58. The predicted molar refractivity (Wildman–Crippen MR) is 99.5 cm³/mol. The van der Waals surface area contributed by atoms with Crippen LogP contribution in [-0.2, 0) is 11.3 Å². The van der Waals surface area contributed by atoms with Gasteiger partial charge >= 0.3 is 0 Å². The molecule has 0 spiro atoms. The number of nitrogens with two attached hydrogens (primary N) is 1. The third-order valence-electron chi connectivity index (χ3n) is 4.83. The van der Waals surface area contributed by atoms with Crippen molar-refractivity contribution in [2.24, 2.45) is 17.6 Å². The number of amides is 1. The molecule has 1 aromatic carbocycles. The lowest BCUT2D eigenvalue weighted by Gasteiger charge is -2.28. The number of hydrogen-bond donors (Lipinski definition) is 1. The Morgan fingerprint density at radius 2 is 2.04 bits per heavy atom. The van der Waals surface area contributed by atoms with Crippen LogP contribution in [-0.4, -0.2) is 47.9 Å². The number of rotatable bonds is 8. The molecule has 0 bridgehead atoms. The van der Waals surface area contributed by atoms with Gasteiger partial charge in [0.2, 0.25) is 5.91 Å². The molecule has 4 nitrogen and oxygen atoms in total. The first-order valence-corrected chi connectivity index (χ1v) is 9.30. The highest BCUT2D eigenvalue weighted by molar-refractivity contribution is 5.81. The lowest BCUT2D eigenvalue weighted by atomic mass is 10.0. The van der Waals surface area contributed by atoms with Crippen molar-refractivity contribution in [2.45, 2.75) is 46.2 Å². The molecule has 0 aromatic heterocycles. The summed E-state index contributed by atoms with van der Waals surface area (Å²) in [5, 5.41) is 0. The molecule has 0 aliphatic carbocycles. The highest BCUT2D eigenvalue weighted by atomic mass is 16.2. The van der Waals surface area contributed by atoms with Gasteiger partial charge in [-0.15, -0.1) is 0 Å². The van der Waals surface area contributed by atoms with E-state index in [1.165, 1.54) is 5.56 Å². The van der Waals surface area contributed by atoms with Gasteiger partial charge in [-0.1, -0.05) is 44.2 Å². The van der Waals surface area contributed by atoms with E-state index >= 15 is 0 Å². The number of nitrogens with zero attached hydrogens (tertiary/aromatic N) is 2. The number of hydrogen-bond acceptors (Lipinski definition) is 3. The van der Waals surface area contributed by atoms with E-state index in [2.05, 4.69) is 56.0 Å². The maximum atomic E-state index is 12.6. The van der Waals surface area contributed by atoms with Crippen LogP contribution in [0.3, 0.4) is 0 Å². The summed E-state index contributed by atoms with van der Waals surface area (Å²) < 4.78 is 0. The summed E-state index contributed by atoms with van der Waals surface area (Å²) in [6.07, 6.45) is 1.93. The van der Waals surface area contributed by atoms with Crippen molar-refractivity contribution in [3.05, 3.63) is 35.9 Å². The monoisotopic (exact) mass is 331 g/mol. The Morgan fingerprint density at radius 1 is 1.33 bits per heavy atom. The summed E-state index contributed by atoms with van der Waals surface area (Å²) in [5.74, 6) is 1.13. The summed E-state index contributed by atoms with van der Waals surface area (Å²) in [7, 11) is 0.